The van der Waals surface area contributed by atoms with Crippen LogP contribution in [0.1, 0.15) is 33.6 Å². The molecular formula is C15H23ClN2O2. The van der Waals surface area contributed by atoms with Gasteiger partial charge in [0.2, 0.25) is 5.91 Å². The van der Waals surface area contributed by atoms with Crippen molar-refractivity contribution in [2.75, 3.05) is 17.7 Å². The number of carbonyl (C=O) groups excluding carboxylic acids is 1. The molecule has 1 rings (SSSR count). The first-order valence-corrected chi connectivity index (χ1v) is 7.22. The molecular weight excluding hydrogens is 276 g/mol. The van der Waals surface area contributed by atoms with Crippen LogP contribution in [0.2, 0.25) is 5.02 Å². The maximum Gasteiger partial charge on any atom is 0.226 e. The van der Waals surface area contributed by atoms with E-state index < -0.39 is 0 Å². The quantitative estimate of drug-likeness (QED) is 0.754. The molecule has 0 aromatic heterocycles. The monoisotopic (exact) mass is 298 g/mol. The van der Waals surface area contributed by atoms with Gasteiger partial charge in [-0.1, -0.05) is 25.4 Å². The van der Waals surface area contributed by atoms with Crippen molar-refractivity contribution in [1.82, 2.24) is 0 Å². The van der Waals surface area contributed by atoms with Crippen LogP contribution < -0.4 is 11.1 Å². The minimum Gasteiger partial charge on any atom is -0.397 e. The summed E-state index contributed by atoms with van der Waals surface area (Å²) < 4.78 is 5.60. The molecule has 1 aromatic carbocycles. The second-order valence-electron chi connectivity index (χ2n) is 5.34. The number of carbonyl (C=O) groups is 1. The molecule has 0 fully saturated rings. The topological polar surface area (TPSA) is 64.3 Å². The number of nitrogens with two attached hydrogens (primary N) is 1. The third-order valence-corrected chi connectivity index (χ3v) is 3.06. The normalized spacial score (nSPS) is 12.4. The van der Waals surface area contributed by atoms with E-state index in [0.717, 1.165) is 6.42 Å². The summed E-state index contributed by atoms with van der Waals surface area (Å²) >= 11 is 5.86. The van der Waals surface area contributed by atoms with Gasteiger partial charge in [-0.3, -0.25) is 4.79 Å². The van der Waals surface area contributed by atoms with E-state index in [2.05, 4.69) is 19.2 Å². The van der Waals surface area contributed by atoms with Gasteiger partial charge in [0.05, 0.1) is 30.5 Å². The van der Waals surface area contributed by atoms with E-state index in [9.17, 15) is 4.79 Å². The number of ether oxygens (including phenoxy) is 1. The highest BCUT2D eigenvalue weighted by Gasteiger charge is 2.09. The minimum atomic E-state index is -0.129. The molecule has 112 valence electrons. The molecule has 0 spiro atoms. The lowest BCUT2D eigenvalue weighted by atomic mass is 10.1. The zero-order valence-electron chi connectivity index (χ0n) is 12.3. The Kier molecular flexibility index (Phi) is 6.82. The van der Waals surface area contributed by atoms with E-state index >= 15 is 0 Å². The molecule has 1 amide bonds. The molecule has 1 unspecified atom stereocenters. The fraction of sp³-hybridized carbons (Fsp3) is 0.533. The zero-order valence-corrected chi connectivity index (χ0v) is 13.0. The second kappa shape index (κ2) is 8.12. The van der Waals surface area contributed by atoms with Gasteiger partial charge in [0.1, 0.15) is 0 Å². The molecule has 3 N–H and O–H groups in total. The van der Waals surface area contributed by atoms with Gasteiger partial charge < -0.3 is 15.8 Å². The van der Waals surface area contributed by atoms with Crippen molar-refractivity contribution in [3.8, 4) is 0 Å². The second-order valence-corrected chi connectivity index (χ2v) is 5.78. The lowest BCUT2D eigenvalue weighted by molar-refractivity contribution is -0.117. The number of hydrogen-bond acceptors (Lipinski definition) is 3. The summed E-state index contributed by atoms with van der Waals surface area (Å²) in [5.74, 6) is 0.459. The summed E-state index contributed by atoms with van der Waals surface area (Å²) in [5.41, 5.74) is 6.80. The number of benzene rings is 1. The fourth-order valence-corrected chi connectivity index (χ4v) is 2.11. The summed E-state index contributed by atoms with van der Waals surface area (Å²) in [4.78, 5) is 11.8. The van der Waals surface area contributed by atoms with Crippen LogP contribution in [0.25, 0.3) is 0 Å². The van der Waals surface area contributed by atoms with Crippen molar-refractivity contribution >= 4 is 28.9 Å². The molecule has 20 heavy (non-hydrogen) atoms. The summed E-state index contributed by atoms with van der Waals surface area (Å²) in [6.45, 7) is 6.72. The highest BCUT2D eigenvalue weighted by molar-refractivity contribution is 6.31. The average Bonchev–Trinajstić information content (AvgIpc) is 2.33. The first-order valence-electron chi connectivity index (χ1n) is 6.85. The van der Waals surface area contributed by atoms with Crippen LogP contribution in [0.5, 0.6) is 0 Å². The standard InChI is InChI=1S/C15H23ClN2O2/c1-10(2)8-11(3)20-7-6-15(19)18-14-9-12(16)4-5-13(14)17/h4-5,9-11H,6-8,17H2,1-3H3,(H,18,19). The van der Waals surface area contributed by atoms with Crippen molar-refractivity contribution in [3.63, 3.8) is 0 Å². The van der Waals surface area contributed by atoms with E-state index in [-0.39, 0.29) is 12.0 Å². The third kappa shape index (κ3) is 6.26. The molecule has 0 radical (unpaired) electrons. The molecule has 1 atom stereocenters. The Morgan fingerprint density at radius 2 is 2.10 bits per heavy atom. The van der Waals surface area contributed by atoms with E-state index in [4.69, 9.17) is 22.1 Å². The lowest BCUT2D eigenvalue weighted by Gasteiger charge is -2.15. The first kappa shape index (κ1) is 16.8. The summed E-state index contributed by atoms with van der Waals surface area (Å²) in [6.07, 6.45) is 1.45. The number of hydrogen-bond donors (Lipinski definition) is 2. The molecule has 0 bridgehead atoms. The summed E-state index contributed by atoms with van der Waals surface area (Å²) in [6, 6.07) is 4.99. The Hall–Kier alpha value is -1.26. The van der Waals surface area contributed by atoms with Crippen LogP contribution in [-0.4, -0.2) is 18.6 Å². The van der Waals surface area contributed by atoms with E-state index in [1.54, 1.807) is 18.2 Å². The van der Waals surface area contributed by atoms with Crippen LogP contribution >= 0.6 is 11.6 Å². The first-order chi connectivity index (χ1) is 9.38. The summed E-state index contributed by atoms with van der Waals surface area (Å²) in [5, 5.41) is 3.28. The number of halogens is 1. The molecule has 0 aliphatic heterocycles. The maximum atomic E-state index is 11.8. The van der Waals surface area contributed by atoms with Crippen LogP contribution in [-0.2, 0) is 9.53 Å². The van der Waals surface area contributed by atoms with Gasteiger partial charge in [-0.05, 0) is 37.5 Å². The van der Waals surface area contributed by atoms with Gasteiger partial charge in [0, 0.05) is 5.02 Å². The third-order valence-electron chi connectivity index (χ3n) is 2.82. The van der Waals surface area contributed by atoms with E-state index in [1.807, 2.05) is 6.92 Å². The Labute approximate surface area is 125 Å². The smallest absolute Gasteiger partial charge is 0.226 e. The summed E-state index contributed by atoms with van der Waals surface area (Å²) in [7, 11) is 0. The lowest BCUT2D eigenvalue weighted by Crippen LogP contribution is -2.18. The number of nitrogen functional groups attached to an aromatic ring is 1. The van der Waals surface area contributed by atoms with E-state index in [0.29, 0.717) is 35.3 Å². The Morgan fingerprint density at radius 3 is 2.75 bits per heavy atom. The zero-order chi connectivity index (χ0) is 15.1. The van der Waals surface area contributed by atoms with Crippen LogP contribution in [0.4, 0.5) is 11.4 Å². The van der Waals surface area contributed by atoms with Gasteiger partial charge >= 0.3 is 0 Å². The number of anilines is 2. The fourth-order valence-electron chi connectivity index (χ4n) is 1.93. The number of nitrogens with one attached hydrogen (secondary N) is 1. The van der Waals surface area contributed by atoms with Crippen LogP contribution in [0.15, 0.2) is 18.2 Å². The minimum absolute atomic E-state index is 0.129. The number of amides is 1. The molecule has 0 aliphatic rings. The highest BCUT2D eigenvalue weighted by atomic mass is 35.5. The van der Waals surface area contributed by atoms with Crippen molar-refractivity contribution in [1.29, 1.82) is 0 Å². The van der Waals surface area contributed by atoms with Gasteiger partial charge in [0.15, 0.2) is 0 Å². The Balaban J connectivity index is 2.35. The van der Waals surface area contributed by atoms with Gasteiger partial charge in [0.25, 0.3) is 0 Å². The largest absolute Gasteiger partial charge is 0.397 e. The van der Waals surface area contributed by atoms with Gasteiger partial charge in [-0.15, -0.1) is 0 Å². The van der Waals surface area contributed by atoms with Crippen molar-refractivity contribution in [2.45, 2.75) is 39.7 Å². The van der Waals surface area contributed by atoms with Gasteiger partial charge in [-0.2, -0.15) is 0 Å². The molecule has 4 nitrogen and oxygen atoms in total. The predicted molar refractivity (Wildman–Crippen MR) is 84.0 cm³/mol. The number of rotatable bonds is 7. The van der Waals surface area contributed by atoms with Crippen molar-refractivity contribution in [3.05, 3.63) is 23.2 Å². The molecule has 0 saturated carbocycles. The molecule has 1 aromatic rings. The average molecular weight is 299 g/mol. The van der Waals surface area contributed by atoms with Crippen molar-refractivity contribution in [2.24, 2.45) is 5.92 Å². The SMILES string of the molecule is CC(C)CC(C)OCCC(=O)Nc1cc(Cl)ccc1N. The Morgan fingerprint density at radius 1 is 1.40 bits per heavy atom. The molecule has 0 aliphatic carbocycles. The highest BCUT2D eigenvalue weighted by Crippen LogP contribution is 2.22. The molecule has 5 heteroatoms. The van der Waals surface area contributed by atoms with Crippen LogP contribution in [0.3, 0.4) is 0 Å². The molecule has 0 heterocycles. The van der Waals surface area contributed by atoms with Crippen LogP contribution in [0, 0.1) is 5.92 Å². The van der Waals surface area contributed by atoms with E-state index in [1.165, 1.54) is 0 Å². The van der Waals surface area contributed by atoms with Crippen molar-refractivity contribution < 1.29 is 9.53 Å². The van der Waals surface area contributed by atoms with Gasteiger partial charge in [-0.25, -0.2) is 0 Å². The Bertz CT molecular complexity index is 449. The predicted octanol–water partition coefficient (Wildman–Crippen LogP) is 3.70. The molecule has 0 saturated heterocycles. The maximum absolute atomic E-state index is 11.8.